The molecule has 25 heavy (non-hydrogen) atoms. The largest absolute Gasteiger partial charge is 0.492 e. The first kappa shape index (κ1) is 18.7. The van der Waals surface area contributed by atoms with Gasteiger partial charge in [-0.25, -0.2) is 9.18 Å². The minimum Gasteiger partial charge on any atom is -0.492 e. The molecule has 0 spiro atoms. The van der Waals surface area contributed by atoms with Gasteiger partial charge in [0.15, 0.2) is 0 Å². The third kappa shape index (κ3) is 5.18. The lowest BCUT2D eigenvalue weighted by Crippen LogP contribution is -2.36. The van der Waals surface area contributed by atoms with Crippen LogP contribution in [0.15, 0.2) is 30.6 Å². The molecule has 2 N–H and O–H groups in total. The third-order valence-electron chi connectivity index (χ3n) is 3.68. The van der Waals surface area contributed by atoms with E-state index in [0.717, 1.165) is 5.56 Å². The summed E-state index contributed by atoms with van der Waals surface area (Å²) in [6.45, 7) is 2.57. The van der Waals surface area contributed by atoms with Gasteiger partial charge in [0.25, 0.3) is 0 Å². The number of carbonyl (C=O) groups excluding carboxylic acids is 1. The third-order valence-corrected chi connectivity index (χ3v) is 3.68. The minimum atomic E-state index is -0.418. The highest BCUT2D eigenvalue weighted by Gasteiger charge is 2.17. The van der Waals surface area contributed by atoms with E-state index in [1.165, 1.54) is 18.2 Å². The molecule has 136 valence electrons. The summed E-state index contributed by atoms with van der Waals surface area (Å²) in [5.74, 6) is -0.118. The number of aromatic nitrogens is 2. The molecule has 0 radical (unpaired) electrons. The number of ether oxygens (including phenoxy) is 1. The van der Waals surface area contributed by atoms with Crippen LogP contribution in [0.2, 0.25) is 0 Å². The lowest BCUT2D eigenvalue weighted by atomic mass is 10.1. The SMILES string of the molecule is CCOc1cc(F)ccc1NC(=O)NCC(c1cnn(C)c1)N(C)C. The van der Waals surface area contributed by atoms with Crippen LogP contribution < -0.4 is 15.4 Å². The summed E-state index contributed by atoms with van der Waals surface area (Å²) >= 11 is 0. The van der Waals surface area contributed by atoms with E-state index in [0.29, 0.717) is 24.6 Å². The number of amides is 2. The van der Waals surface area contributed by atoms with Crippen molar-refractivity contribution in [2.24, 2.45) is 7.05 Å². The number of halogens is 1. The minimum absolute atomic E-state index is 0.0148. The lowest BCUT2D eigenvalue weighted by molar-refractivity contribution is 0.243. The van der Waals surface area contributed by atoms with E-state index < -0.39 is 5.82 Å². The van der Waals surface area contributed by atoms with Crippen molar-refractivity contribution in [1.29, 1.82) is 0 Å². The first-order chi connectivity index (χ1) is 11.9. The van der Waals surface area contributed by atoms with E-state index in [4.69, 9.17) is 4.74 Å². The Morgan fingerprint density at radius 3 is 2.80 bits per heavy atom. The number of benzene rings is 1. The highest BCUT2D eigenvalue weighted by atomic mass is 19.1. The zero-order chi connectivity index (χ0) is 18.4. The Labute approximate surface area is 146 Å². The smallest absolute Gasteiger partial charge is 0.319 e. The van der Waals surface area contributed by atoms with E-state index in [1.54, 1.807) is 17.8 Å². The van der Waals surface area contributed by atoms with Gasteiger partial charge in [0, 0.05) is 31.4 Å². The van der Waals surface area contributed by atoms with Crippen molar-refractivity contribution < 1.29 is 13.9 Å². The predicted molar refractivity (Wildman–Crippen MR) is 94.2 cm³/mol. The average molecular weight is 349 g/mol. The molecule has 0 aliphatic heterocycles. The lowest BCUT2D eigenvalue weighted by Gasteiger charge is -2.23. The fourth-order valence-electron chi connectivity index (χ4n) is 2.44. The number of nitrogens with zero attached hydrogens (tertiary/aromatic N) is 3. The van der Waals surface area contributed by atoms with Crippen molar-refractivity contribution in [2.45, 2.75) is 13.0 Å². The Morgan fingerprint density at radius 2 is 2.20 bits per heavy atom. The van der Waals surface area contributed by atoms with Gasteiger partial charge in [0.1, 0.15) is 11.6 Å². The number of nitrogens with one attached hydrogen (secondary N) is 2. The van der Waals surface area contributed by atoms with Crippen LogP contribution in [-0.4, -0.2) is 48.0 Å². The summed E-state index contributed by atoms with van der Waals surface area (Å²) in [7, 11) is 5.72. The maximum absolute atomic E-state index is 13.3. The molecule has 1 aromatic carbocycles. The Hall–Kier alpha value is -2.61. The normalized spacial score (nSPS) is 12.1. The van der Waals surface area contributed by atoms with Gasteiger partial charge in [-0.1, -0.05) is 0 Å². The molecular formula is C17H24FN5O2. The summed E-state index contributed by atoms with van der Waals surface area (Å²) < 4.78 is 20.4. The second-order valence-corrected chi connectivity index (χ2v) is 5.84. The summed E-state index contributed by atoms with van der Waals surface area (Å²) in [6.07, 6.45) is 3.69. The fraction of sp³-hybridized carbons (Fsp3) is 0.412. The fourth-order valence-corrected chi connectivity index (χ4v) is 2.44. The maximum atomic E-state index is 13.3. The van der Waals surface area contributed by atoms with Crippen molar-refractivity contribution in [3.8, 4) is 5.75 Å². The van der Waals surface area contributed by atoms with E-state index in [9.17, 15) is 9.18 Å². The summed E-state index contributed by atoms with van der Waals surface area (Å²) in [4.78, 5) is 14.2. The molecule has 0 saturated heterocycles. The van der Waals surface area contributed by atoms with Gasteiger partial charge in [-0.3, -0.25) is 4.68 Å². The Bertz CT molecular complexity index is 717. The molecule has 7 nitrogen and oxygen atoms in total. The number of carbonyl (C=O) groups is 1. The number of anilines is 1. The summed E-state index contributed by atoms with van der Waals surface area (Å²) in [5, 5.41) is 9.68. The average Bonchev–Trinajstić information content (AvgIpc) is 2.96. The number of rotatable bonds is 7. The van der Waals surface area contributed by atoms with E-state index in [2.05, 4.69) is 15.7 Å². The number of hydrogen-bond acceptors (Lipinski definition) is 4. The first-order valence-corrected chi connectivity index (χ1v) is 8.03. The molecule has 0 aliphatic carbocycles. The maximum Gasteiger partial charge on any atom is 0.319 e. The van der Waals surface area contributed by atoms with Crippen molar-refractivity contribution in [1.82, 2.24) is 20.0 Å². The zero-order valence-corrected chi connectivity index (χ0v) is 14.9. The van der Waals surface area contributed by atoms with Gasteiger partial charge in [-0.05, 0) is 33.2 Å². The van der Waals surface area contributed by atoms with Crippen LogP contribution in [0.4, 0.5) is 14.9 Å². The zero-order valence-electron chi connectivity index (χ0n) is 14.9. The number of aryl methyl sites for hydroxylation is 1. The topological polar surface area (TPSA) is 71.4 Å². The van der Waals surface area contributed by atoms with Crippen molar-refractivity contribution in [3.05, 3.63) is 42.0 Å². The molecule has 1 aromatic heterocycles. The predicted octanol–water partition coefficient (Wildman–Crippen LogP) is 2.38. The monoisotopic (exact) mass is 349 g/mol. The highest BCUT2D eigenvalue weighted by Crippen LogP contribution is 2.25. The van der Waals surface area contributed by atoms with Gasteiger partial charge in [0.05, 0.1) is 24.5 Å². The van der Waals surface area contributed by atoms with Crippen molar-refractivity contribution in [2.75, 3.05) is 32.6 Å². The van der Waals surface area contributed by atoms with Crippen LogP contribution in [0.3, 0.4) is 0 Å². The van der Waals surface area contributed by atoms with E-state index in [1.807, 2.05) is 32.2 Å². The Balaban J connectivity index is 2.00. The van der Waals surface area contributed by atoms with Crippen LogP contribution in [0, 0.1) is 5.82 Å². The molecule has 1 heterocycles. The number of urea groups is 1. The molecule has 2 amide bonds. The molecule has 0 aliphatic rings. The van der Waals surface area contributed by atoms with Crippen molar-refractivity contribution >= 4 is 11.7 Å². The van der Waals surface area contributed by atoms with Gasteiger partial charge in [-0.2, -0.15) is 5.10 Å². The second-order valence-electron chi connectivity index (χ2n) is 5.84. The molecular weight excluding hydrogens is 325 g/mol. The number of likely N-dealkylation sites (N-methyl/N-ethyl adjacent to an activating group) is 1. The van der Waals surface area contributed by atoms with Crippen LogP contribution in [0.1, 0.15) is 18.5 Å². The standard InChI is InChI=1S/C17H24FN5O2/c1-5-25-16-8-13(18)6-7-14(16)21-17(24)19-10-15(22(2)3)12-9-20-23(4)11-12/h6-9,11,15H,5,10H2,1-4H3,(H2,19,21,24). The summed E-state index contributed by atoms with van der Waals surface area (Å²) in [5.41, 5.74) is 1.42. The Kier molecular flexibility index (Phi) is 6.35. The van der Waals surface area contributed by atoms with E-state index >= 15 is 0 Å². The van der Waals surface area contributed by atoms with Crippen LogP contribution in [0.25, 0.3) is 0 Å². The molecule has 0 bridgehead atoms. The second kappa shape index (κ2) is 8.48. The highest BCUT2D eigenvalue weighted by molar-refractivity contribution is 5.90. The van der Waals surface area contributed by atoms with Gasteiger partial charge in [0.2, 0.25) is 0 Å². The first-order valence-electron chi connectivity index (χ1n) is 8.03. The molecule has 1 unspecified atom stereocenters. The van der Waals surface area contributed by atoms with Gasteiger partial charge in [-0.15, -0.1) is 0 Å². The quantitative estimate of drug-likeness (QED) is 0.805. The molecule has 0 saturated carbocycles. The Morgan fingerprint density at radius 1 is 1.44 bits per heavy atom. The molecule has 2 aromatic rings. The van der Waals surface area contributed by atoms with Crippen LogP contribution in [-0.2, 0) is 7.05 Å². The molecule has 8 heteroatoms. The van der Waals surface area contributed by atoms with Gasteiger partial charge >= 0.3 is 6.03 Å². The van der Waals surface area contributed by atoms with Crippen molar-refractivity contribution in [3.63, 3.8) is 0 Å². The van der Waals surface area contributed by atoms with Crippen LogP contribution in [0.5, 0.6) is 5.75 Å². The molecule has 1 atom stereocenters. The van der Waals surface area contributed by atoms with Crippen LogP contribution >= 0.6 is 0 Å². The molecule has 0 fully saturated rings. The van der Waals surface area contributed by atoms with E-state index in [-0.39, 0.29) is 12.1 Å². The summed E-state index contributed by atoms with van der Waals surface area (Å²) in [6, 6.07) is 3.60. The number of hydrogen-bond donors (Lipinski definition) is 2. The molecule has 2 rings (SSSR count). The van der Waals surface area contributed by atoms with Gasteiger partial charge < -0.3 is 20.3 Å².